The Morgan fingerprint density at radius 2 is 2.11 bits per heavy atom. The number of fused-ring (bicyclic) bond motifs is 1. The van der Waals surface area contributed by atoms with Gasteiger partial charge in [0.25, 0.3) is 0 Å². The number of hydrogen-bond acceptors (Lipinski definition) is 2. The first kappa shape index (κ1) is 13.1. The Morgan fingerprint density at radius 3 is 2.94 bits per heavy atom. The third-order valence-corrected chi connectivity index (χ3v) is 6.01. The van der Waals surface area contributed by atoms with Crippen LogP contribution in [0.4, 0.5) is 0 Å². The van der Waals surface area contributed by atoms with E-state index in [1.54, 1.807) is 0 Å². The number of nitrogens with one attached hydrogen (secondary N) is 1. The fourth-order valence-corrected chi connectivity index (χ4v) is 3.84. The van der Waals surface area contributed by atoms with Gasteiger partial charge in [-0.05, 0) is 81.4 Å². The molecule has 2 atom stereocenters. The molecule has 2 aliphatic rings. The molecule has 1 N–H and O–H groups in total. The topological polar surface area (TPSA) is 15.3 Å². The van der Waals surface area contributed by atoms with Crippen molar-refractivity contribution in [1.29, 1.82) is 0 Å². The Labute approximate surface area is 125 Å². The first-order valence-electron chi connectivity index (χ1n) is 6.62. The minimum Gasteiger partial charge on any atom is -0.314 e. The Balaban J connectivity index is 1.64. The van der Waals surface area contributed by atoms with Gasteiger partial charge in [-0.3, -0.25) is 4.90 Å². The average Bonchev–Trinajstić information content (AvgIpc) is 2.81. The summed E-state index contributed by atoms with van der Waals surface area (Å²) in [5, 5.41) is 3.62. The maximum atomic E-state index is 3.62. The Morgan fingerprint density at radius 1 is 1.22 bits per heavy atom. The summed E-state index contributed by atoms with van der Waals surface area (Å²) < 4.78 is 2.28. The first-order valence-corrected chi connectivity index (χ1v) is 8.20. The third kappa shape index (κ3) is 2.82. The second kappa shape index (κ2) is 5.61. The number of halogens is 2. The lowest BCUT2D eigenvalue weighted by Crippen LogP contribution is -2.43. The standard InChI is InChI=1S/C14H18Br2N2/c15-12-2-1-10(7-13(12)16)8-18-6-4-14-11(9-18)3-5-17-14/h1-2,7,11,14,17H,3-6,8-9H2. The number of hydrogen-bond donors (Lipinski definition) is 1. The smallest absolute Gasteiger partial charge is 0.0320 e. The van der Waals surface area contributed by atoms with Crippen molar-refractivity contribution in [2.75, 3.05) is 19.6 Å². The van der Waals surface area contributed by atoms with E-state index < -0.39 is 0 Å². The van der Waals surface area contributed by atoms with Crippen LogP contribution < -0.4 is 5.32 Å². The largest absolute Gasteiger partial charge is 0.314 e. The maximum absolute atomic E-state index is 3.62. The third-order valence-electron chi connectivity index (χ3n) is 4.13. The molecule has 2 saturated heterocycles. The van der Waals surface area contributed by atoms with Crippen molar-refractivity contribution in [3.63, 3.8) is 0 Å². The molecule has 0 aromatic heterocycles. The van der Waals surface area contributed by atoms with Crippen molar-refractivity contribution >= 4 is 31.9 Å². The summed E-state index contributed by atoms with van der Waals surface area (Å²) in [4.78, 5) is 2.60. The van der Waals surface area contributed by atoms with Crippen LogP contribution >= 0.6 is 31.9 Å². The molecule has 18 heavy (non-hydrogen) atoms. The second-order valence-corrected chi connectivity index (χ2v) is 7.09. The maximum Gasteiger partial charge on any atom is 0.0320 e. The molecule has 0 bridgehead atoms. The van der Waals surface area contributed by atoms with Gasteiger partial charge in [-0.1, -0.05) is 6.07 Å². The van der Waals surface area contributed by atoms with Gasteiger partial charge in [0, 0.05) is 28.1 Å². The number of piperidine rings is 1. The van der Waals surface area contributed by atoms with Crippen LogP contribution in [0.1, 0.15) is 18.4 Å². The van der Waals surface area contributed by atoms with Gasteiger partial charge < -0.3 is 5.32 Å². The highest BCUT2D eigenvalue weighted by molar-refractivity contribution is 9.13. The summed E-state index contributed by atoms with van der Waals surface area (Å²) in [6.07, 6.45) is 2.66. The molecule has 0 amide bonds. The van der Waals surface area contributed by atoms with E-state index in [0.29, 0.717) is 0 Å². The second-order valence-electron chi connectivity index (χ2n) is 5.38. The van der Waals surface area contributed by atoms with Crippen molar-refractivity contribution in [3.8, 4) is 0 Å². The zero-order chi connectivity index (χ0) is 12.5. The zero-order valence-corrected chi connectivity index (χ0v) is 13.5. The number of benzene rings is 1. The van der Waals surface area contributed by atoms with Gasteiger partial charge in [-0.2, -0.15) is 0 Å². The molecule has 1 aromatic rings. The van der Waals surface area contributed by atoms with E-state index >= 15 is 0 Å². The van der Waals surface area contributed by atoms with Crippen molar-refractivity contribution < 1.29 is 0 Å². The van der Waals surface area contributed by atoms with E-state index in [-0.39, 0.29) is 0 Å². The molecule has 98 valence electrons. The van der Waals surface area contributed by atoms with E-state index in [0.717, 1.165) is 27.4 Å². The molecule has 2 fully saturated rings. The van der Waals surface area contributed by atoms with Gasteiger partial charge in [-0.15, -0.1) is 0 Å². The molecule has 0 saturated carbocycles. The molecular formula is C14H18Br2N2. The molecule has 3 rings (SSSR count). The van der Waals surface area contributed by atoms with E-state index in [1.807, 2.05) is 0 Å². The Kier molecular flexibility index (Phi) is 4.09. The van der Waals surface area contributed by atoms with Gasteiger partial charge in [0.2, 0.25) is 0 Å². The normalized spacial score (nSPS) is 28.3. The lowest BCUT2D eigenvalue weighted by atomic mass is 9.93. The van der Waals surface area contributed by atoms with E-state index in [2.05, 4.69) is 60.3 Å². The van der Waals surface area contributed by atoms with E-state index in [9.17, 15) is 0 Å². The number of nitrogens with zero attached hydrogens (tertiary/aromatic N) is 1. The molecule has 0 spiro atoms. The van der Waals surface area contributed by atoms with Gasteiger partial charge in [0.05, 0.1) is 0 Å². The summed E-state index contributed by atoms with van der Waals surface area (Å²) >= 11 is 7.10. The average molecular weight is 374 g/mol. The van der Waals surface area contributed by atoms with Gasteiger partial charge in [0.1, 0.15) is 0 Å². The van der Waals surface area contributed by atoms with Crippen LogP contribution in [0.5, 0.6) is 0 Å². The summed E-state index contributed by atoms with van der Waals surface area (Å²) in [6, 6.07) is 7.36. The molecular weight excluding hydrogens is 356 g/mol. The van der Waals surface area contributed by atoms with Gasteiger partial charge in [-0.25, -0.2) is 0 Å². The number of rotatable bonds is 2. The van der Waals surface area contributed by atoms with Crippen LogP contribution in [-0.4, -0.2) is 30.6 Å². The van der Waals surface area contributed by atoms with Crippen LogP contribution in [-0.2, 0) is 6.54 Å². The SMILES string of the molecule is Brc1ccc(CN2CCC3NCCC3C2)cc1Br. The predicted molar refractivity (Wildman–Crippen MR) is 81.6 cm³/mol. The van der Waals surface area contributed by atoms with E-state index in [1.165, 1.54) is 38.0 Å². The minimum atomic E-state index is 0.790. The van der Waals surface area contributed by atoms with Crippen molar-refractivity contribution in [1.82, 2.24) is 10.2 Å². The van der Waals surface area contributed by atoms with Crippen LogP contribution in [0.15, 0.2) is 27.1 Å². The number of likely N-dealkylation sites (tertiary alicyclic amines) is 1. The summed E-state index contributed by atoms with van der Waals surface area (Å²) in [5.74, 6) is 0.873. The van der Waals surface area contributed by atoms with Crippen molar-refractivity contribution in [2.45, 2.75) is 25.4 Å². The summed E-state index contributed by atoms with van der Waals surface area (Å²) in [5.41, 5.74) is 1.40. The van der Waals surface area contributed by atoms with Crippen molar-refractivity contribution in [3.05, 3.63) is 32.7 Å². The molecule has 2 nitrogen and oxygen atoms in total. The summed E-state index contributed by atoms with van der Waals surface area (Å²) in [6.45, 7) is 4.77. The minimum absolute atomic E-state index is 0.790. The molecule has 0 radical (unpaired) electrons. The molecule has 1 aromatic carbocycles. The van der Waals surface area contributed by atoms with Crippen LogP contribution in [0, 0.1) is 5.92 Å². The molecule has 4 heteroatoms. The fraction of sp³-hybridized carbons (Fsp3) is 0.571. The lowest BCUT2D eigenvalue weighted by molar-refractivity contribution is 0.156. The van der Waals surface area contributed by atoms with Crippen LogP contribution in [0.3, 0.4) is 0 Å². The molecule has 2 aliphatic heterocycles. The van der Waals surface area contributed by atoms with Gasteiger partial charge in [0.15, 0.2) is 0 Å². The van der Waals surface area contributed by atoms with E-state index in [4.69, 9.17) is 0 Å². The monoisotopic (exact) mass is 372 g/mol. The molecule has 2 heterocycles. The quantitative estimate of drug-likeness (QED) is 0.854. The molecule has 0 aliphatic carbocycles. The van der Waals surface area contributed by atoms with Gasteiger partial charge >= 0.3 is 0 Å². The summed E-state index contributed by atoms with van der Waals surface area (Å²) in [7, 11) is 0. The van der Waals surface area contributed by atoms with Crippen molar-refractivity contribution in [2.24, 2.45) is 5.92 Å². The van der Waals surface area contributed by atoms with Crippen LogP contribution in [0.2, 0.25) is 0 Å². The Hall–Kier alpha value is 0.1000. The zero-order valence-electron chi connectivity index (χ0n) is 10.3. The Bertz CT molecular complexity index is 436. The highest BCUT2D eigenvalue weighted by Gasteiger charge is 2.32. The molecule has 2 unspecified atom stereocenters. The van der Waals surface area contributed by atoms with Crippen LogP contribution in [0.25, 0.3) is 0 Å². The first-order chi connectivity index (χ1) is 8.72. The fourth-order valence-electron chi connectivity index (χ4n) is 3.16. The highest BCUT2D eigenvalue weighted by Crippen LogP contribution is 2.27. The predicted octanol–water partition coefficient (Wildman–Crippen LogP) is 3.40. The lowest BCUT2D eigenvalue weighted by Gasteiger charge is -2.34. The highest BCUT2D eigenvalue weighted by atomic mass is 79.9.